The largest absolute Gasteiger partial charge is 0.207 e. The third-order valence-corrected chi connectivity index (χ3v) is 2.46. The third-order valence-electron chi connectivity index (χ3n) is 2.46. The van der Waals surface area contributed by atoms with E-state index in [9.17, 15) is 4.39 Å². The molecule has 1 heteroatoms. The molecule has 2 aromatic carbocycles. The second-order valence-corrected chi connectivity index (χ2v) is 3.61. The minimum Gasteiger partial charge on any atom is -0.207 e. The predicted octanol–water partition coefficient (Wildman–Crippen LogP) is 3.61. The van der Waals surface area contributed by atoms with Crippen LogP contribution in [0.15, 0.2) is 54.6 Å². The molecule has 2 rings (SSSR count). The van der Waals surface area contributed by atoms with E-state index in [-0.39, 0.29) is 5.82 Å². The predicted molar refractivity (Wildman–Crippen MR) is 60.3 cm³/mol. The summed E-state index contributed by atoms with van der Waals surface area (Å²) in [6, 6.07) is 17.0. The van der Waals surface area contributed by atoms with Gasteiger partial charge in [-0.05, 0) is 36.1 Å². The van der Waals surface area contributed by atoms with Crippen LogP contribution >= 0.6 is 0 Å². The smallest absolute Gasteiger partial charge is 0.123 e. The van der Waals surface area contributed by atoms with Crippen LogP contribution in [0.2, 0.25) is 0 Å². The highest BCUT2D eigenvalue weighted by atomic mass is 19.1. The molecule has 0 unspecified atom stereocenters. The molecule has 0 atom stereocenters. The summed E-state index contributed by atoms with van der Waals surface area (Å²) in [5.41, 5.74) is 2.50. The van der Waals surface area contributed by atoms with Crippen molar-refractivity contribution < 1.29 is 4.39 Å². The zero-order chi connectivity index (χ0) is 10.5. The van der Waals surface area contributed by atoms with Crippen molar-refractivity contribution in [3.05, 3.63) is 71.5 Å². The van der Waals surface area contributed by atoms with E-state index in [1.54, 1.807) is 0 Å². The topological polar surface area (TPSA) is 0 Å². The van der Waals surface area contributed by atoms with Crippen molar-refractivity contribution >= 4 is 0 Å². The summed E-state index contributed by atoms with van der Waals surface area (Å²) >= 11 is 0. The van der Waals surface area contributed by atoms with Crippen LogP contribution in [0.5, 0.6) is 0 Å². The van der Waals surface area contributed by atoms with Gasteiger partial charge in [-0.25, -0.2) is 4.39 Å². The maximum Gasteiger partial charge on any atom is 0.123 e. The fraction of sp³-hybridized carbons (Fsp3) is 0.143. The second-order valence-electron chi connectivity index (χ2n) is 3.61. The number of halogens is 1. The van der Waals surface area contributed by atoms with Gasteiger partial charge in [0.05, 0.1) is 0 Å². The molecule has 0 saturated carbocycles. The van der Waals surface area contributed by atoms with Gasteiger partial charge in [-0.15, -0.1) is 0 Å². The van der Waals surface area contributed by atoms with Gasteiger partial charge in [0.1, 0.15) is 5.82 Å². The van der Waals surface area contributed by atoms with Crippen molar-refractivity contribution in [1.82, 2.24) is 0 Å². The molecule has 0 spiro atoms. The Kier molecular flexibility index (Phi) is 3.13. The minimum atomic E-state index is -0.168. The number of hydrogen-bond acceptors (Lipinski definition) is 0. The first-order valence-electron chi connectivity index (χ1n) is 5.13. The number of hydrogen-bond donors (Lipinski definition) is 0. The van der Waals surface area contributed by atoms with Gasteiger partial charge >= 0.3 is 0 Å². The van der Waals surface area contributed by atoms with Gasteiger partial charge in [-0.3, -0.25) is 0 Å². The first kappa shape index (κ1) is 9.91. The van der Waals surface area contributed by atoms with Gasteiger partial charge in [0.25, 0.3) is 0 Å². The summed E-state index contributed by atoms with van der Waals surface area (Å²) < 4.78 is 12.6. The maximum absolute atomic E-state index is 12.6. The van der Waals surface area contributed by atoms with E-state index in [1.165, 1.54) is 23.3 Å². The monoisotopic (exact) mass is 200 g/mol. The molecule has 0 nitrogen and oxygen atoms in total. The lowest BCUT2D eigenvalue weighted by Gasteiger charge is -2.01. The summed E-state index contributed by atoms with van der Waals surface area (Å²) in [7, 11) is 0. The van der Waals surface area contributed by atoms with Crippen LogP contribution in [-0.2, 0) is 12.8 Å². The van der Waals surface area contributed by atoms with Crippen molar-refractivity contribution in [3.63, 3.8) is 0 Å². The molecule has 0 bridgehead atoms. The molecular weight excluding hydrogens is 187 g/mol. The second kappa shape index (κ2) is 4.74. The first-order valence-corrected chi connectivity index (χ1v) is 5.13. The Morgan fingerprint density at radius 3 is 1.80 bits per heavy atom. The van der Waals surface area contributed by atoms with Gasteiger partial charge < -0.3 is 0 Å². The summed E-state index contributed by atoms with van der Waals surface area (Å²) in [4.78, 5) is 0. The van der Waals surface area contributed by atoms with Crippen LogP contribution in [0.4, 0.5) is 4.39 Å². The normalized spacial score (nSPS) is 10.2. The summed E-state index contributed by atoms with van der Waals surface area (Å²) in [5.74, 6) is -0.168. The summed E-state index contributed by atoms with van der Waals surface area (Å²) in [6.45, 7) is 0. The zero-order valence-corrected chi connectivity index (χ0v) is 8.49. The van der Waals surface area contributed by atoms with E-state index in [4.69, 9.17) is 0 Å². The molecule has 0 aromatic heterocycles. The van der Waals surface area contributed by atoms with Crippen LogP contribution in [0, 0.1) is 5.82 Å². The fourth-order valence-electron chi connectivity index (χ4n) is 1.58. The Labute approximate surface area is 89.4 Å². The van der Waals surface area contributed by atoms with Crippen LogP contribution in [-0.4, -0.2) is 0 Å². The highest BCUT2D eigenvalue weighted by Crippen LogP contribution is 2.08. The number of rotatable bonds is 3. The molecule has 0 saturated heterocycles. The van der Waals surface area contributed by atoms with E-state index in [1.807, 2.05) is 30.3 Å². The molecule has 0 amide bonds. The van der Waals surface area contributed by atoms with Gasteiger partial charge in [-0.1, -0.05) is 42.5 Å². The van der Waals surface area contributed by atoms with Gasteiger partial charge in [0.2, 0.25) is 0 Å². The van der Waals surface area contributed by atoms with Crippen molar-refractivity contribution in [2.75, 3.05) is 0 Å². The highest BCUT2D eigenvalue weighted by molar-refractivity contribution is 5.20. The molecular formula is C14H13F. The van der Waals surface area contributed by atoms with Crippen molar-refractivity contribution in [2.45, 2.75) is 12.8 Å². The third kappa shape index (κ3) is 2.91. The molecule has 0 fully saturated rings. The number of aryl methyl sites for hydroxylation is 2. The Morgan fingerprint density at radius 2 is 1.20 bits per heavy atom. The van der Waals surface area contributed by atoms with Gasteiger partial charge in [0.15, 0.2) is 0 Å². The average Bonchev–Trinajstić information content (AvgIpc) is 2.30. The fourth-order valence-corrected chi connectivity index (χ4v) is 1.58. The molecule has 0 heterocycles. The molecule has 0 aliphatic rings. The molecule has 76 valence electrons. The van der Waals surface area contributed by atoms with Crippen LogP contribution in [0.25, 0.3) is 0 Å². The lowest BCUT2D eigenvalue weighted by molar-refractivity contribution is 0.627. The average molecular weight is 200 g/mol. The Morgan fingerprint density at radius 1 is 0.667 bits per heavy atom. The molecule has 0 N–H and O–H groups in total. The number of benzene rings is 2. The van der Waals surface area contributed by atoms with Crippen LogP contribution in [0.1, 0.15) is 11.1 Å². The molecule has 0 aliphatic heterocycles. The van der Waals surface area contributed by atoms with E-state index < -0.39 is 0 Å². The Balaban J connectivity index is 1.96. The van der Waals surface area contributed by atoms with E-state index >= 15 is 0 Å². The minimum absolute atomic E-state index is 0.168. The zero-order valence-electron chi connectivity index (χ0n) is 8.49. The standard InChI is InChI=1S/C14H13F/c15-14-10-8-13(9-11-14)7-6-12-4-2-1-3-5-12/h1-5,8-11H,6-7H2. The lowest BCUT2D eigenvalue weighted by atomic mass is 10.0. The molecule has 15 heavy (non-hydrogen) atoms. The van der Waals surface area contributed by atoms with Crippen molar-refractivity contribution in [1.29, 1.82) is 0 Å². The molecule has 0 aliphatic carbocycles. The first-order chi connectivity index (χ1) is 7.34. The SMILES string of the molecule is Fc1ccc(CCc2ccccc2)cc1. The molecule has 0 radical (unpaired) electrons. The summed E-state index contributed by atoms with van der Waals surface area (Å²) in [6.07, 6.45) is 1.97. The maximum atomic E-state index is 12.6. The van der Waals surface area contributed by atoms with Crippen LogP contribution < -0.4 is 0 Å². The highest BCUT2D eigenvalue weighted by Gasteiger charge is 1.95. The van der Waals surface area contributed by atoms with E-state index in [0.29, 0.717) is 0 Å². The van der Waals surface area contributed by atoms with Crippen LogP contribution in [0.3, 0.4) is 0 Å². The Hall–Kier alpha value is -1.63. The summed E-state index contributed by atoms with van der Waals surface area (Å²) in [5, 5.41) is 0. The quantitative estimate of drug-likeness (QED) is 0.710. The van der Waals surface area contributed by atoms with E-state index in [0.717, 1.165) is 12.8 Å². The van der Waals surface area contributed by atoms with Gasteiger partial charge in [-0.2, -0.15) is 0 Å². The van der Waals surface area contributed by atoms with E-state index in [2.05, 4.69) is 12.1 Å². The molecule has 2 aromatic rings. The van der Waals surface area contributed by atoms with Gasteiger partial charge in [0, 0.05) is 0 Å². The Bertz CT molecular complexity index is 403. The van der Waals surface area contributed by atoms with Crippen molar-refractivity contribution in [3.8, 4) is 0 Å². The lowest BCUT2D eigenvalue weighted by Crippen LogP contribution is -1.90. The van der Waals surface area contributed by atoms with Crippen molar-refractivity contribution in [2.24, 2.45) is 0 Å².